The molecule has 3 heterocycles. The molecule has 1 aliphatic heterocycles. The van der Waals surface area contributed by atoms with Crippen LogP contribution in [0.4, 0.5) is 0 Å². The number of likely N-dealkylation sites (tertiary alicyclic amines) is 1. The number of nitrogens with zero attached hydrogens (tertiary/aromatic N) is 5. The molecule has 4 rings (SSSR count). The summed E-state index contributed by atoms with van der Waals surface area (Å²) < 4.78 is 7.26. The minimum absolute atomic E-state index is 0.0418. The van der Waals surface area contributed by atoms with Gasteiger partial charge in [-0.2, -0.15) is 5.10 Å². The molecule has 0 unspecified atom stereocenters. The van der Waals surface area contributed by atoms with Gasteiger partial charge in [-0.1, -0.05) is 5.16 Å². The van der Waals surface area contributed by atoms with Gasteiger partial charge in [0.15, 0.2) is 5.69 Å². The van der Waals surface area contributed by atoms with Crippen LogP contribution < -0.4 is 0 Å². The van der Waals surface area contributed by atoms with Crippen molar-refractivity contribution in [2.24, 2.45) is 0 Å². The predicted molar refractivity (Wildman–Crippen MR) is 82.1 cm³/mol. The molecule has 1 saturated heterocycles. The molecule has 1 saturated carbocycles. The van der Waals surface area contributed by atoms with Gasteiger partial charge >= 0.3 is 0 Å². The largest absolute Gasteiger partial charge is 0.360 e. The molecule has 0 aromatic carbocycles. The molecule has 2 aromatic rings. The van der Waals surface area contributed by atoms with E-state index in [9.17, 15) is 4.79 Å². The molecule has 0 bridgehead atoms. The number of carbonyl (C=O) groups is 1. The van der Waals surface area contributed by atoms with Crippen molar-refractivity contribution in [3.63, 3.8) is 0 Å². The van der Waals surface area contributed by atoms with Crippen LogP contribution >= 0.6 is 0 Å². The zero-order chi connectivity index (χ0) is 16.0. The Morgan fingerprint density at radius 2 is 2.13 bits per heavy atom. The lowest BCUT2D eigenvalue weighted by atomic mass is 10.1. The molecule has 7 nitrogen and oxygen atoms in total. The van der Waals surface area contributed by atoms with E-state index >= 15 is 0 Å². The van der Waals surface area contributed by atoms with Crippen LogP contribution in [0.3, 0.4) is 0 Å². The highest BCUT2D eigenvalue weighted by atomic mass is 16.5. The summed E-state index contributed by atoms with van der Waals surface area (Å²) in [7, 11) is 0. The van der Waals surface area contributed by atoms with Gasteiger partial charge in [0.05, 0.1) is 6.04 Å². The molecule has 1 amide bonds. The van der Waals surface area contributed by atoms with Crippen LogP contribution in [-0.2, 0) is 0 Å². The number of piperidine rings is 1. The second-order valence-electron chi connectivity index (χ2n) is 6.59. The Hall–Kier alpha value is -2.18. The second-order valence-corrected chi connectivity index (χ2v) is 6.59. The normalized spacial score (nSPS) is 21.7. The van der Waals surface area contributed by atoms with Crippen molar-refractivity contribution in [3.8, 4) is 0 Å². The Kier molecular flexibility index (Phi) is 3.43. The van der Waals surface area contributed by atoms with E-state index < -0.39 is 0 Å². The first-order chi connectivity index (χ1) is 11.1. The van der Waals surface area contributed by atoms with Gasteiger partial charge in [-0.05, 0) is 39.5 Å². The molecule has 0 N–H and O–H groups in total. The fourth-order valence-corrected chi connectivity index (χ4v) is 3.33. The summed E-state index contributed by atoms with van der Waals surface area (Å²) in [6, 6.07) is 2.00. The quantitative estimate of drug-likeness (QED) is 0.868. The SMILES string of the molecule is Cc1nc(C)n([C@H]2CCCN(C(=O)c3cc(C4CC4)on3)C2)n1. The lowest BCUT2D eigenvalue weighted by Gasteiger charge is -2.32. The third-order valence-electron chi connectivity index (χ3n) is 4.66. The van der Waals surface area contributed by atoms with Crippen LogP contribution in [0.15, 0.2) is 10.6 Å². The van der Waals surface area contributed by atoms with Crippen molar-refractivity contribution >= 4 is 5.91 Å². The van der Waals surface area contributed by atoms with Crippen molar-refractivity contribution < 1.29 is 9.32 Å². The molecular formula is C16H21N5O2. The van der Waals surface area contributed by atoms with Crippen LogP contribution in [0, 0.1) is 13.8 Å². The number of hydrogen-bond acceptors (Lipinski definition) is 5. The van der Waals surface area contributed by atoms with E-state index in [4.69, 9.17) is 4.52 Å². The highest BCUT2D eigenvalue weighted by Crippen LogP contribution is 2.40. The summed E-state index contributed by atoms with van der Waals surface area (Å²) in [6.07, 6.45) is 4.25. The highest BCUT2D eigenvalue weighted by molar-refractivity contribution is 5.92. The van der Waals surface area contributed by atoms with E-state index in [1.165, 1.54) is 0 Å². The third kappa shape index (κ3) is 2.75. The molecular weight excluding hydrogens is 294 g/mol. The molecule has 1 aliphatic carbocycles. The number of aromatic nitrogens is 4. The minimum atomic E-state index is -0.0418. The van der Waals surface area contributed by atoms with Crippen molar-refractivity contribution in [1.29, 1.82) is 0 Å². The van der Waals surface area contributed by atoms with Gasteiger partial charge in [0.25, 0.3) is 5.91 Å². The summed E-state index contributed by atoms with van der Waals surface area (Å²) in [6.45, 7) is 5.26. The number of aryl methyl sites for hydroxylation is 2. The van der Waals surface area contributed by atoms with Crippen molar-refractivity contribution in [3.05, 3.63) is 29.2 Å². The van der Waals surface area contributed by atoms with Gasteiger partial charge in [0.2, 0.25) is 0 Å². The molecule has 2 aromatic heterocycles. The lowest BCUT2D eigenvalue weighted by molar-refractivity contribution is 0.0660. The van der Waals surface area contributed by atoms with Crippen molar-refractivity contribution in [1.82, 2.24) is 24.8 Å². The Labute approximate surface area is 134 Å². The summed E-state index contributed by atoms with van der Waals surface area (Å²) in [5.41, 5.74) is 0.430. The van der Waals surface area contributed by atoms with E-state index in [1.54, 1.807) is 0 Å². The summed E-state index contributed by atoms with van der Waals surface area (Å²) in [5.74, 6) is 2.96. The van der Waals surface area contributed by atoms with E-state index in [0.29, 0.717) is 18.2 Å². The average molecular weight is 315 g/mol. The van der Waals surface area contributed by atoms with E-state index in [-0.39, 0.29) is 11.9 Å². The van der Waals surface area contributed by atoms with Gasteiger partial charge in [0, 0.05) is 25.1 Å². The minimum Gasteiger partial charge on any atom is -0.360 e. The van der Waals surface area contributed by atoms with Gasteiger partial charge in [0.1, 0.15) is 17.4 Å². The zero-order valence-corrected chi connectivity index (χ0v) is 13.5. The average Bonchev–Trinajstić information content (AvgIpc) is 3.18. The van der Waals surface area contributed by atoms with Crippen molar-refractivity contribution in [2.45, 2.75) is 51.5 Å². The molecule has 2 aliphatic rings. The van der Waals surface area contributed by atoms with Crippen LogP contribution in [0.2, 0.25) is 0 Å². The summed E-state index contributed by atoms with van der Waals surface area (Å²) >= 11 is 0. The van der Waals surface area contributed by atoms with E-state index in [2.05, 4.69) is 15.2 Å². The van der Waals surface area contributed by atoms with Crippen LogP contribution in [0.25, 0.3) is 0 Å². The maximum Gasteiger partial charge on any atom is 0.276 e. The van der Waals surface area contributed by atoms with E-state index in [0.717, 1.165) is 49.6 Å². The van der Waals surface area contributed by atoms with Crippen molar-refractivity contribution in [2.75, 3.05) is 13.1 Å². The zero-order valence-electron chi connectivity index (χ0n) is 13.5. The molecule has 1 atom stereocenters. The topological polar surface area (TPSA) is 77.0 Å². The Bertz CT molecular complexity index is 731. The highest BCUT2D eigenvalue weighted by Gasteiger charge is 2.32. The number of hydrogen-bond donors (Lipinski definition) is 0. The first-order valence-electron chi connectivity index (χ1n) is 8.27. The molecule has 122 valence electrons. The summed E-state index contributed by atoms with van der Waals surface area (Å²) in [5, 5.41) is 8.44. The second kappa shape index (κ2) is 5.47. The fourth-order valence-electron chi connectivity index (χ4n) is 3.33. The fraction of sp³-hybridized carbons (Fsp3) is 0.625. The van der Waals surface area contributed by atoms with Crippen LogP contribution in [-0.4, -0.2) is 43.8 Å². The third-order valence-corrected chi connectivity index (χ3v) is 4.66. The van der Waals surface area contributed by atoms with Gasteiger partial charge in [-0.15, -0.1) is 0 Å². The first kappa shape index (κ1) is 14.4. The monoisotopic (exact) mass is 315 g/mol. The maximum absolute atomic E-state index is 12.7. The van der Waals surface area contributed by atoms with E-state index in [1.807, 2.05) is 29.5 Å². The predicted octanol–water partition coefficient (Wildman–Crippen LogP) is 2.24. The van der Waals surface area contributed by atoms with Crippen LogP contribution in [0.1, 0.15) is 65.5 Å². The standard InChI is InChI=1S/C16H21N5O2/c1-10-17-11(2)21(18-10)13-4-3-7-20(9-13)16(22)14-8-15(23-19-14)12-5-6-12/h8,12-13H,3-7,9H2,1-2H3/t13-/m0/s1. The number of amides is 1. The van der Waals surface area contributed by atoms with Gasteiger partial charge in [-0.25, -0.2) is 9.67 Å². The van der Waals surface area contributed by atoms with Gasteiger partial charge in [-0.3, -0.25) is 4.79 Å². The molecule has 23 heavy (non-hydrogen) atoms. The maximum atomic E-state index is 12.7. The molecule has 7 heteroatoms. The Morgan fingerprint density at radius 1 is 1.30 bits per heavy atom. The lowest BCUT2D eigenvalue weighted by Crippen LogP contribution is -2.41. The smallest absolute Gasteiger partial charge is 0.276 e. The number of rotatable bonds is 3. The number of carbonyl (C=O) groups excluding carboxylic acids is 1. The molecule has 0 radical (unpaired) electrons. The van der Waals surface area contributed by atoms with Crippen LogP contribution in [0.5, 0.6) is 0 Å². The molecule has 2 fully saturated rings. The summed E-state index contributed by atoms with van der Waals surface area (Å²) in [4.78, 5) is 18.9. The molecule has 0 spiro atoms. The Morgan fingerprint density at radius 3 is 2.83 bits per heavy atom. The first-order valence-corrected chi connectivity index (χ1v) is 8.27. The Balaban J connectivity index is 1.49. The van der Waals surface area contributed by atoms with Gasteiger partial charge < -0.3 is 9.42 Å².